The van der Waals surface area contributed by atoms with Gasteiger partial charge < -0.3 is 14.5 Å². The third-order valence-electron chi connectivity index (χ3n) is 3.98. The van der Waals surface area contributed by atoms with Crippen LogP contribution in [0.3, 0.4) is 0 Å². The van der Waals surface area contributed by atoms with Crippen LogP contribution in [0, 0.1) is 6.92 Å². The van der Waals surface area contributed by atoms with E-state index in [1.165, 1.54) is 30.5 Å². The number of esters is 1. The van der Waals surface area contributed by atoms with Crippen LogP contribution in [0.1, 0.15) is 11.1 Å². The van der Waals surface area contributed by atoms with Crippen molar-refractivity contribution in [2.75, 3.05) is 11.9 Å². The van der Waals surface area contributed by atoms with Gasteiger partial charge >= 0.3 is 5.97 Å². The molecule has 0 saturated carbocycles. The van der Waals surface area contributed by atoms with E-state index in [1.807, 2.05) is 25.1 Å². The lowest BCUT2D eigenvalue weighted by Gasteiger charge is -2.07. The number of anilines is 1. The van der Waals surface area contributed by atoms with Crippen LogP contribution in [0.5, 0.6) is 0 Å². The fourth-order valence-electron chi connectivity index (χ4n) is 2.60. The van der Waals surface area contributed by atoms with Crippen molar-refractivity contribution in [3.8, 4) is 0 Å². The number of furan rings is 1. The molecule has 0 aliphatic heterocycles. The van der Waals surface area contributed by atoms with Crippen LogP contribution >= 0.6 is 0 Å². The number of benzene rings is 2. The lowest BCUT2D eigenvalue weighted by molar-refractivity contribution is -0.146. The third kappa shape index (κ3) is 4.76. The first-order valence-corrected chi connectivity index (χ1v) is 9.82. The van der Waals surface area contributed by atoms with E-state index < -0.39 is 28.5 Å². The van der Waals surface area contributed by atoms with Gasteiger partial charge in [-0.3, -0.25) is 9.59 Å². The quantitative estimate of drug-likeness (QED) is 0.608. The Hall–Kier alpha value is -3.17. The van der Waals surface area contributed by atoms with Crippen LogP contribution in [0.25, 0.3) is 11.0 Å². The van der Waals surface area contributed by atoms with Gasteiger partial charge in [-0.05, 0) is 42.8 Å². The smallest absolute Gasteiger partial charge is 0.310 e. The number of fused-ring (bicyclic) bond motifs is 1. The minimum absolute atomic E-state index is 0.0214. The summed E-state index contributed by atoms with van der Waals surface area (Å²) in [5.74, 6) is -1.12. The van der Waals surface area contributed by atoms with Crippen LogP contribution in [0.15, 0.2) is 58.0 Å². The van der Waals surface area contributed by atoms with Crippen molar-refractivity contribution in [3.63, 3.8) is 0 Å². The molecule has 2 aromatic carbocycles. The molecule has 0 aliphatic rings. The molecule has 1 amide bonds. The van der Waals surface area contributed by atoms with Crippen molar-refractivity contribution in [2.45, 2.75) is 18.2 Å². The standard InChI is InChI=1S/C19H18N2O6S/c1-12-2-7-16-13(10-26-17(16)8-12)9-19(23)27-11-18(22)21-14-3-5-15(6-4-14)28(20,24)25/h2-8,10H,9,11H2,1H3,(H,21,22)(H2,20,24,25). The highest BCUT2D eigenvalue weighted by Gasteiger charge is 2.14. The molecule has 3 rings (SSSR count). The number of amides is 1. The van der Waals surface area contributed by atoms with Gasteiger partial charge in [-0.15, -0.1) is 0 Å². The van der Waals surface area contributed by atoms with Crippen molar-refractivity contribution in [2.24, 2.45) is 5.14 Å². The van der Waals surface area contributed by atoms with Crippen LogP contribution < -0.4 is 10.5 Å². The highest BCUT2D eigenvalue weighted by molar-refractivity contribution is 7.89. The summed E-state index contributed by atoms with van der Waals surface area (Å²) in [5.41, 5.74) is 2.76. The zero-order valence-electron chi connectivity index (χ0n) is 15.0. The minimum atomic E-state index is -3.80. The van der Waals surface area contributed by atoms with Crippen molar-refractivity contribution < 1.29 is 27.2 Å². The Balaban J connectivity index is 1.53. The van der Waals surface area contributed by atoms with E-state index in [1.54, 1.807) is 0 Å². The fourth-order valence-corrected chi connectivity index (χ4v) is 3.12. The number of ether oxygens (including phenoxy) is 1. The average Bonchev–Trinajstić information content (AvgIpc) is 3.01. The molecule has 146 valence electrons. The monoisotopic (exact) mass is 402 g/mol. The minimum Gasteiger partial charge on any atom is -0.464 e. The van der Waals surface area contributed by atoms with E-state index in [2.05, 4.69) is 5.32 Å². The van der Waals surface area contributed by atoms with Crippen molar-refractivity contribution in [3.05, 3.63) is 59.9 Å². The highest BCUT2D eigenvalue weighted by atomic mass is 32.2. The average molecular weight is 402 g/mol. The van der Waals surface area contributed by atoms with Gasteiger partial charge in [0.15, 0.2) is 6.61 Å². The normalized spacial score (nSPS) is 11.4. The summed E-state index contributed by atoms with van der Waals surface area (Å²) in [4.78, 5) is 23.8. The summed E-state index contributed by atoms with van der Waals surface area (Å²) in [5, 5.41) is 8.33. The maximum absolute atomic E-state index is 12.0. The molecule has 0 unspecified atom stereocenters. The number of aryl methyl sites for hydroxylation is 1. The second kappa shape index (κ2) is 7.83. The maximum atomic E-state index is 12.0. The number of primary sulfonamides is 1. The van der Waals surface area contributed by atoms with E-state index in [9.17, 15) is 18.0 Å². The zero-order chi connectivity index (χ0) is 20.3. The SMILES string of the molecule is Cc1ccc2c(CC(=O)OCC(=O)Nc3ccc(S(N)(=O)=O)cc3)coc2c1. The number of rotatable bonds is 6. The topological polar surface area (TPSA) is 129 Å². The number of hydrogen-bond donors (Lipinski definition) is 2. The molecule has 0 atom stereocenters. The Kier molecular flexibility index (Phi) is 5.48. The predicted molar refractivity (Wildman–Crippen MR) is 102 cm³/mol. The molecular weight excluding hydrogens is 384 g/mol. The Morgan fingerprint density at radius 1 is 1.14 bits per heavy atom. The van der Waals surface area contributed by atoms with Gasteiger partial charge in [-0.1, -0.05) is 12.1 Å². The molecule has 0 radical (unpaired) electrons. The maximum Gasteiger partial charge on any atom is 0.310 e. The number of nitrogens with one attached hydrogen (secondary N) is 1. The van der Waals surface area contributed by atoms with Crippen LogP contribution in [0.2, 0.25) is 0 Å². The van der Waals surface area contributed by atoms with Crippen LogP contribution in [0.4, 0.5) is 5.69 Å². The molecule has 0 aliphatic carbocycles. The zero-order valence-corrected chi connectivity index (χ0v) is 15.8. The van der Waals surface area contributed by atoms with E-state index in [4.69, 9.17) is 14.3 Å². The molecule has 0 bridgehead atoms. The summed E-state index contributed by atoms with van der Waals surface area (Å²) in [7, 11) is -3.80. The highest BCUT2D eigenvalue weighted by Crippen LogP contribution is 2.23. The summed E-state index contributed by atoms with van der Waals surface area (Å²) in [6.45, 7) is 1.47. The first-order valence-electron chi connectivity index (χ1n) is 8.27. The third-order valence-corrected chi connectivity index (χ3v) is 4.91. The van der Waals surface area contributed by atoms with Gasteiger partial charge in [-0.25, -0.2) is 13.6 Å². The van der Waals surface area contributed by atoms with E-state index in [0.717, 1.165) is 10.9 Å². The van der Waals surface area contributed by atoms with Crippen molar-refractivity contribution >= 4 is 38.6 Å². The number of sulfonamides is 1. The first-order chi connectivity index (χ1) is 13.2. The summed E-state index contributed by atoms with van der Waals surface area (Å²) >= 11 is 0. The molecule has 9 heteroatoms. The Morgan fingerprint density at radius 2 is 1.86 bits per heavy atom. The van der Waals surface area contributed by atoms with E-state index in [-0.39, 0.29) is 11.3 Å². The molecule has 1 heterocycles. The molecule has 3 N–H and O–H groups in total. The van der Waals surface area contributed by atoms with Gasteiger partial charge in [0.25, 0.3) is 5.91 Å². The number of hydrogen-bond acceptors (Lipinski definition) is 6. The van der Waals surface area contributed by atoms with Crippen LogP contribution in [-0.4, -0.2) is 26.9 Å². The molecule has 0 spiro atoms. The predicted octanol–water partition coefficient (Wildman–Crippen LogP) is 2.11. The molecule has 1 aromatic heterocycles. The summed E-state index contributed by atoms with van der Waals surface area (Å²) < 4.78 is 32.8. The summed E-state index contributed by atoms with van der Waals surface area (Å²) in [6.07, 6.45) is 1.48. The van der Waals surface area contributed by atoms with Gasteiger partial charge in [0.1, 0.15) is 5.58 Å². The Bertz CT molecular complexity index is 1130. The van der Waals surface area contributed by atoms with Gasteiger partial charge in [-0.2, -0.15) is 0 Å². The van der Waals surface area contributed by atoms with E-state index in [0.29, 0.717) is 16.8 Å². The Labute approximate surface area is 161 Å². The van der Waals surface area contributed by atoms with Crippen molar-refractivity contribution in [1.29, 1.82) is 0 Å². The fraction of sp³-hybridized carbons (Fsp3) is 0.158. The van der Waals surface area contributed by atoms with Crippen LogP contribution in [-0.2, 0) is 30.8 Å². The molecule has 8 nitrogen and oxygen atoms in total. The lowest BCUT2D eigenvalue weighted by Crippen LogP contribution is -2.21. The Morgan fingerprint density at radius 3 is 2.54 bits per heavy atom. The second-order valence-corrected chi connectivity index (χ2v) is 7.78. The molecule has 3 aromatic rings. The summed E-state index contributed by atoms with van der Waals surface area (Å²) in [6, 6.07) is 11.0. The number of carbonyl (C=O) groups excluding carboxylic acids is 2. The number of carbonyl (C=O) groups is 2. The van der Waals surface area contributed by atoms with Gasteiger partial charge in [0.2, 0.25) is 10.0 Å². The first kappa shape index (κ1) is 19.6. The largest absolute Gasteiger partial charge is 0.464 e. The lowest BCUT2D eigenvalue weighted by atomic mass is 10.1. The molecule has 0 saturated heterocycles. The van der Waals surface area contributed by atoms with Crippen molar-refractivity contribution in [1.82, 2.24) is 0 Å². The molecule has 0 fully saturated rings. The number of nitrogens with two attached hydrogens (primary N) is 1. The van der Waals surface area contributed by atoms with E-state index >= 15 is 0 Å². The second-order valence-electron chi connectivity index (χ2n) is 6.22. The van der Waals surface area contributed by atoms with Gasteiger partial charge in [0, 0.05) is 16.6 Å². The molecule has 28 heavy (non-hydrogen) atoms. The van der Waals surface area contributed by atoms with Gasteiger partial charge in [0.05, 0.1) is 17.6 Å². The molecular formula is C19H18N2O6S.